The lowest BCUT2D eigenvalue weighted by Gasteiger charge is -2.22. The molecule has 24 heavy (non-hydrogen) atoms. The van der Waals surface area contributed by atoms with Crippen molar-refractivity contribution in [2.45, 2.75) is 32.4 Å². The average Bonchev–Trinajstić information content (AvgIpc) is 3.25. The van der Waals surface area contributed by atoms with Gasteiger partial charge in [-0.3, -0.25) is 4.90 Å². The zero-order valence-electron chi connectivity index (χ0n) is 13.4. The Bertz CT molecular complexity index is 895. The molecule has 1 unspecified atom stereocenters. The molecule has 124 valence electrons. The fourth-order valence-corrected chi connectivity index (χ4v) is 3.42. The van der Waals surface area contributed by atoms with Crippen LogP contribution in [-0.4, -0.2) is 27.7 Å². The Hall–Kier alpha value is -2.60. The molecule has 1 aromatic carbocycles. The molecule has 6 heteroatoms. The normalized spacial score (nSPS) is 18.5. The van der Waals surface area contributed by atoms with Gasteiger partial charge in [0.05, 0.1) is 6.04 Å². The van der Waals surface area contributed by atoms with Crippen LogP contribution in [-0.2, 0) is 6.54 Å². The van der Waals surface area contributed by atoms with Crippen molar-refractivity contribution in [2.24, 2.45) is 0 Å². The molecule has 0 aliphatic carbocycles. The summed E-state index contributed by atoms with van der Waals surface area (Å²) in [6, 6.07) is 9.67. The first kappa shape index (κ1) is 15.0. The van der Waals surface area contributed by atoms with E-state index in [1.54, 1.807) is 6.07 Å². The number of fused-ring (bicyclic) bond motifs is 1. The number of aryl methyl sites for hydroxylation is 1. The summed E-state index contributed by atoms with van der Waals surface area (Å²) in [5.74, 6) is -0.245. The van der Waals surface area contributed by atoms with E-state index in [9.17, 15) is 4.79 Å². The molecule has 0 radical (unpaired) electrons. The number of benzene rings is 1. The summed E-state index contributed by atoms with van der Waals surface area (Å²) in [6.07, 6.45) is 2.21. The molecular formula is C18H18N2O4. The van der Waals surface area contributed by atoms with Crippen LogP contribution in [0.15, 0.2) is 39.3 Å². The number of carbonyl (C=O) groups is 1. The van der Waals surface area contributed by atoms with E-state index in [4.69, 9.17) is 14.0 Å². The second kappa shape index (κ2) is 5.79. The van der Waals surface area contributed by atoms with Gasteiger partial charge in [-0.25, -0.2) is 4.79 Å². The lowest BCUT2D eigenvalue weighted by atomic mass is 10.1. The fraction of sp³-hybridized carbons (Fsp3) is 0.333. The number of aromatic carboxylic acids is 1. The minimum atomic E-state index is -1.05. The Morgan fingerprint density at radius 1 is 1.38 bits per heavy atom. The maximum absolute atomic E-state index is 11.0. The van der Waals surface area contributed by atoms with E-state index in [0.29, 0.717) is 5.58 Å². The number of carboxylic acids is 1. The van der Waals surface area contributed by atoms with Crippen molar-refractivity contribution in [1.29, 1.82) is 0 Å². The Labute approximate surface area is 138 Å². The van der Waals surface area contributed by atoms with Crippen LogP contribution in [0.1, 0.15) is 46.5 Å². The molecule has 1 N–H and O–H groups in total. The number of aromatic nitrogens is 1. The molecule has 0 saturated carbocycles. The van der Waals surface area contributed by atoms with Crippen molar-refractivity contribution >= 4 is 16.9 Å². The van der Waals surface area contributed by atoms with E-state index in [0.717, 1.165) is 48.3 Å². The molecule has 4 rings (SSSR count). The topological polar surface area (TPSA) is 79.7 Å². The second-order valence-corrected chi connectivity index (χ2v) is 6.28. The molecule has 1 aliphatic rings. The number of furan rings is 1. The SMILES string of the molecule is Cc1cc(C2CCCN2Cc2ccc3oc(C(=O)O)cc3c2)no1. The molecule has 1 aliphatic heterocycles. The molecule has 0 amide bonds. The third-order valence-electron chi connectivity index (χ3n) is 4.53. The third-order valence-corrected chi connectivity index (χ3v) is 4.53. The smallest absolute Gasteiger partial charge is 0.371 e. The van der Waals surface area contributed by atoms with Gasteiger partial charge in [-0.1, -0.05) is 11.2 Å². The summed E-state index contributed by atoms with van der Waals surface area (Å²) in [4.78, 5) is 13.4. The van der Waals surface area contributed by atoms with Gasteiger partial charge in [-0.15, -0.1) is 0 Å². The van der Waals surface area contributed by atoms with Crippen LogP contribution in [0.5, 0.6) is 0 Å². The zero-order valence-corrected chi connectivity index (χ0v) is 13.4. The van der Waals surface area contributed by atoms with Crippen LogP contribution >= 0.6 is 0 Å². The molecule has 3 heterocycles. The first-order valence-electron chi connectivity index (χ1n) is 8.03. The van der Waals surface area contributed by atoms with E-state index in [-0.39, 0.29) is 11.8 Å². The fourth-order valence-electron chi connectivity index (χ4n) is 3.42. The van der Waals surface area contributed by atoms with Gasteiger partial charge in [0.1, 0.15) is 17.0 Å². The van der Waals surface area contributed by atoms with Gasteiger partial charge in [-0.05, 0) is 50.1 Å². The quantitative estimate of drug-likeness (QED) is 0.786. The second-order valence-electron chi connectivity index (χ2n) is 6.28. The van der Waals surface area contributed by atoms with Crippen LogP contribution in [0.25, 0.3) is 11.0 Å². The molecule has 1 saturated heterocycles. The van der Waals surface area contributed by atoms with Crippen LogP contribution in [0.4, 0.5) is 0 Å². The minimum Gasteiger partial charge on any atom is -0.475 e. The summed E-state index contributed by atoms with van der Waals surface area (Å²) < 4.78 is 10.5. The predicted molar refractivity (Wildman–Crippen MR) is 86.8 cm³/mol. The lowest BCUT2D eigenvalue weighted by Crippen LogP contribution is -2.22. The third kappa shape index (κ3) is 2.69. The van der Waals surface area contributed by atoms with Crippen molar-refractivity contribution in [1.82, 2.24) is 10.1 Å². The number of carboxylic acid groups (broad SMARTS) is 1. The highest BCUT2D eigenvalue weighted by molar-refractivity contribution is 5.91. The lowest BCUT2D eigenvalue weighted by molar-refractivity contribution is 0.0665. The maximum Gasteiger partial charge on any atom is 0.371 e. The summed E-state index contributed by atoms with van der Waals surface area (Å²) >= 11 is 0. The van der Waals surface area contributed by atoms with Gasteiger partial charge in [0.15, 0.2) is 0 Å². The Morgan fingerprint density at radius 2 is 2.25 bits per heavy atom. The van der Waals surface area contributed by atoms with Crippen molar-refractivity contribution in [3.63, 3.8) is 0 Å². The maximum atomic E-state index is 11.0. The first-order chi connectivity index (χ1) is 11.6. The molecule has 0 spiro atoms. The summed E-state index contributed by atoms with van der Waals surface area (Å²) in [5.41, 5.74) is 2.72. The average molecular weight is 326 g/mol. The summed E-state index contributed by atoms with van der Waals surface area (Å²) in [5, 5.41) is 14.0. The van der Waals surface area contributed by atoms with Crippen LogP contribution in [0, 0.1) is 6.92 Å². The van der Waals surface area contributed by atoms with Crippen molar-refractivity contribution < 1.29 is 18.8 Å². The van der Waals surface area contributed by atoms with Gasteiger partial charge >= 0.3 is 5.97 Å². The van der Waals surface area contributed by atoms with Gasteiger partial charge in [0, 0.05) is 18.0 Å². The van der Waals surface area contributed by atoms with E-state index in [2.05, 4.69) is 10.1 Å². The van der Waals surface area contributed by atoms with Crippen LogP contribution in [0.2, 0.25) is 0 Å². The zero-order chi connectivity index (χ0) is 16.7. The van der Waals surface area contributed by atoms with Crippen molar-refractivity contribution in [2.75, 3.05) is 6.54 Å². The monoisotopic (exact) mass is 326 g/mol. The molecule has 6 nitrogen and oxygen atoms in total. The van der Waals surface area contributed by atoms with E-state index >= 15 is 0 Å². The number of rotatable bonds is 4. The Kier molecular flexibility index (Phi) is 3.61. The van der Waals surface area contributed by atoms with Gasteiger partial charge in [0.25, 0.3) is 0 Å². The first-order valence-corrected chi connectivity index (χ1v) is 8.03. The van der Waals surface area contributed by atoms with Crippen molar-refractivity contribution in [3.05, 3.63) is 53.1 Å². The molecule has 0 bridgehead atoms. The van der Waals surface area contributed by atoms with E-state index < -0.39 is 5.97 Å². The number of hydrogen-bond acceptors (Lipinski definition) is 5. The predicted octanol–water partition coefficient (Wildman–Crippen LogP) is 3.76. The molecule has 1 fully saturated rings. The van der Waals surface area contributed by atoms with E-state index in [1.165, 1.54) is 0 Å². The highest BCUT2D eigenvalue weighted by atomic mass is 16.5. The molecular weight excluding hydrogens is 308 g/mol. The van der Waals surface area contributed by atoms with Crippen LogP contribution < -0.4 is 0 Å². The summed E-state index contributed by atoms with van der Waals surface area (Å²) in [6.45, 7) is 3.71. The largest absolute Gasteiger partial charge is 0.475 e. The molecule has 3 aromatic rings. The van der Waals surface area contributed by atoms with Gasteiger partial charge < -0.3 is 14.0 Å². The van der Waals surface area contributed by atoms with Gasteiger partial charge in [0.2, 0.25) is 5.76 Å². The highest BCUT2D eigenvalue weighted by Gasteiger charge is 2.28. The number of hydrogen-bond donors (Lipinski definition) is 1. The minimum absolute atomic E-state index is 0.0285. The molecule has 2 aromatic heterocycles. The number of likely N-dealkylation sites (tertiary alicyclic amines) is 1. The molecule has 1 atom stereocenters. The van der Waals surface area contributed by atoms with E-state index in [1.807, 2.05) is 31.2 Å². The standard InChI is InChI=1S/C18H18N2O4/c1-11-7-14(19-24-11)15-3-2-6-20(15)10-12-4-5-16-13(8-12)9-17(23-16)18(21)22/h4-5,7-9,15H,2-3,6,10H2,1H3,(H,21,22). The summed E-state index contributed by atoms with van der Waals surface area (Å²) in [7, 11) is 0. The Morgan fingerprint density at radius 3 is 3.00 bits per heavy atom. The van der Waals surface area contributed by atoms with Crippen LogP contribution in [0.3, 0.4) is 0 Å². The van der Waals surface area contributed by atoms with Gasteiger partial charge in [-0.2, -0.15) is 0 Å². The highest BCUT2D eigenvalue weighted by Crippen LogP contribution is 2.33. The Balaban J connectivity index is 1.57. The number of nitrogens with zero attached hydrogens (tertiary/aromatic N) is 2. The van der Waals surface area contributed by atoms with Crippen molar-refractivity contribution in [3.8, 4) is 0 Å².